The Bertz CT molecular complexity index is 457. The number of anilines is 3. The van der Waals surface area contributed by atoms with E-state index in [-0.39, 0.29) is 0 Å². The zero-order valence-corrected chi connectivity index (χ0v) is 11.7. The molecule has 3 N–H and O–H groups in total. The molecule has 0 atom stereocenters. The van der Waals surface area contributed by atoms with Crippen molar-refractivity contribution < 1.29 is 28.6 Å². The minimum absolute atomic E-state index is 0.294. The van der Waals surface area contributed by atoms with Crippen LogP contribution in [-0.2, 0) is 14.2 Å². The number of amides is 3. The van der Waals surface area contributed by atoms with Crippen LogP contribution in [0.1, 0.15) is 0 Å². The first kappa shape index (κ1) is 16.1. The third kappa shape index (κ3) is 5.27. The smallest absolute Gasteiger partial charge is 0.411 e. The van der Waals surface area contributed by atoms with Gasteiger partial charge in [0.15, 0.2) is 0 Å². The van der Waals surface area contributed by atoms with Crippen LogP contribution in [0, 0.1) is 0 Å². The van der Waals surface area contributed by atoms with Gasteiger partial charge in [0.2, 0.25) is 0 Å². The van der Waals surface area contributed by atoms with Gasteiger partial charge in [0.05, 0.1) is 21.3 Å². The zero-order chi connectivity index (χ0) is 15.8. The highest BCUT2D eigenvalue weighted by molar-refractivity contribution is 5.93. The summed E-state index contributed by atoms with van der Waals surface area (Å²) in [7, 11) is 3.62. The standard InChI is InChI=1S/C12H15N3O6/c1-19-10(16)13-7-4-8(14-11(17)20-2)6-9(5-7)15-12(18)21-3/h4-6H,1-3H3,(H,13,16)(H,14,17)(H,15,18). The molecule has 0 spiro atoms. The van der Waals surface area contributed by atoms with Gasteiger partial charge < -0.3 is 14.2 Å². The van der Waals surface area contributed by atoms with Gasteiger partial charge in [-0.3, -0.25) is 16.0 Å². The van der Waals surface area contributed by atoms with E-state index in [1.165, 1.54) is 39.5 Å². The molecule has 0 saturated carbocycles. The van der Waals surface area contributed by atoms with Gasteiger partial charge in [-0.2, -0.15) is 0 Å². The molecule has 0 aromatic heterocycles. The maximum atomic E-state index is 11.2. The van der Waals surface area contributed by atoms with Gasteiger partial charge in [0, 0.05) is 17.1 Å². The van der Waals surface area contributed by atoms with Crippen LogP contribution >= 0.6 is 0 Å². The molecule has 9 heteroatoms. The van der Waals surface area contributed by atoms with Gasteiger partial charge in [-0.15, -0.1) is 0 Å². The second-order valence-electron chi connectivity index (χ2n) is 3.65. The molecule has 1 rings (SSSR count). The van der Waals surface area contributed by atoms with Crippen LogP contribution < -0.4 is 16.0 Å². The third-order valence-corrected chi connectivity index (χ3v) is 2.23. The highest BCUT2D eigenvalue weighted by atomic mass is 16.5. The molecule has 0 aliphatic carbocycles. The molecule has 114 valence electrons. The topological polar surface area (TPSA) is 115 Å². The summed E-state index contributed by atoms with van der Waals surface area (Å²) in [5, 5.41) is 7.23. The molecule has 21 heavy (non-hydrogen) atoms. The van der Waals surface area contributed by atoms with Crippen molar-refractivity contribution in [3.63, 3.8) is 0 Å². The molecule has 0 unspecified atom stereocenters. The summed E-state index contributed by atoms with van der Waals surface area (Å²) in [6.07, 6.45) is -2.10. The quantitative estimate of drug-likeness (QED) is 0.737. The highest BCUT2D eigenvalue weighted by Crippen LogP contribution is 2.23. The van der Waals surface area contributed by atoms with Crippen molar-refractivity contribution in [1.82, 2.24) is 0 Å². The largest absolute Gasteiger partial charge is 0.453 e. The summed E-state index contributed by atoms with van der Waals surface area (Å²) in [6.45, 7) is 0. The lowest BCUT2D eigenvalue weighted by Gasteiger charge is -2.11. The second-order valence-corrected chi connectivity index (χ2v) is 3.65. The fourth-order valence-electron chi connectivity index (χ4n) is 1.35. The zero-order valence-electron chi connectivity index (χ0n) is 11.7. The number of carbonyl (C=O) groups is 3. The van der Waals surface area contributed by atoms with Crippen LogP contribution in [0.25, 0.3) is 0 Å². The molecule has 0 radical (unpaired) electrons. The molecular formula is C12H15N3O6. The van der Waals surface area contributed by atoms with Crippen molar-refractivity contribution in [3.05, 3.63) is 18.2 Å². The van der Waals surface area contributed by atoms with Crippen LogP contribution in [-0.4, -0.2) is 39.6 Å². The third-order valence-electron chi connectivity index (χ3n) is 2.23. The van der Waals surface area contributed by atoms with Gasteiger partial charge in [-0.05, 0) is 18.2 Å². The molecule has 1 aromatic carbocycles. The van der Waals surface area contributed by atoms with Gasteiger partial charge in [-0.1, -0.05) is 0 Å². The molecule has 0 aliphatic rings. The fraction of sp³-hybridized carbons (Fsp3) is 0.250. The van der Waals surface area contributed by atoms with Crippen LogP contribution in [0.3, 0.4) is 0 Å². The van der Waals surface area contributed by atoms with E-state index in [9.17, 15) is 14.4 Å². The van der Waals surface area contributed by atoms with E-state index in [0.717, 1.165) is 0 Å². The van der Waals surface area contributed by atoms with E-state index in [1.54, 1.807) is 0 Å². The Balaban J connectivity index is 3.03. The SMILES string of the molecule is COC(=O)Nc1cc(NC(=O)OC)cc(NC(=O)OC)c1. The molecule has 1 aromatic rings. The van der Waals surface area contributed by atoms with Crippen molar-refractivity contribution in [2.24, 2.45) is 0 Å². The number of hydrogen-bond donors (Lipinski definition) is 3. The van der Waals surface area contributed by atoms with E-state index in [0.29, 0.717) is 17.1 Å². The normalized spacial score (nSPS) is 9.29. The summed E-state index contributed by atoms with van der Waals surface area (Å²) < 4.78 is 13.4. The Labute approximate surface area is 120 Å². The Morgan fingerprint density at radius 1 is 0.667 bits per heavy atom. The Morgan fingerprint density at radius 3 is 1.10 bits per heavy atom. The molecule has 0 heterocycles. The van der Waals surface area contributed by atoms with Crippen LogP contribution in [0.5, 0.6) is 0 Å². The van der Waals surface area contributed by atoms with E-state index in [1.807, 2.05) is 0 Å². The Kier molecular flexibility index (Phi) is 5.80. The molecular weight excluding hydrogens is 282 g/mol. The van der Waals surface area contributed by atoms with E-state index in [4.69, 9.17) is 0 Å². The van der Waals surface area contributed by atoms with Gasteiger partial charge in [0.1, 0.15) is 0 Å². The molecule has 0 bridgehead atoms. The van der Waals surface area contributed by atoms with Crippen LogP contribution in [0.4, 0.5) is 31.4 Å². The van der Waals surface area contributed by atoms with Crippen molar-refractivity contribution in [2.75, 3.05) is 37.3 Å². The van der Waals surface area contributed by atoms with E-state index >= 15 is 0 Å². The first-order valence-corrected chi connectivity index (χ1v) is 5.68. The monoisotopic (exact) mass is 297 g/mol. The first-order chi connectivity index (χ1) is 9.98. The second kappa shape index (κ2) is 7.58. The molecule has 9 nitrogen and oxygen atoms in total. The summed E-state index contributed by atoms with van der Waals surface area (Å²) in [6, 6.07) is 4.36. The Morgan fingerprint density at radius 2 is 0.905 bits per heavy atom. The minimum atomic E-state index is -0.700. The number of benzene rings is 1. The van der Waals surface area contributed by atoms with Crippen molar-refractivity contribution in [3.8, 4) is 0 Å². The number of rotatable bonds is 3. The Hall–Kier alpha value is -2.97. The van der Waals surface area contributed by atoms with Crippen LogP contribution in [0.2, 0.25) is 0 Å². The number of carbonyl (C=O) groups excluding carboxylic acids is 3. The number of ether oxygens (including phenoxy) is 3. The lowest BCUT2D eigenvalue weighted by atomic mass is 10.2. The molecule has 0 aliphatic heterocycles. The first-order valence-electron chi connectivity index (χ1n) is 5.68. The van der Waals surface area contributed by atoms with E-state index in [2.05, 4.69) is 30.2 Å². The number of methoxy groups -OCH3 is 3. The predicted octanol–water partition coefficient (Wildman–Crippen LogP) is 2.22. The molecule has 0 fully saturated rings. The molecule has 0 saturated heterocycles. The fourth-order valence-corrected chi connectivity index (χ4v) is 1.35. The highest BCUT2D eigenvalue weighted by Gasteiger charge is 2.09. The summed E-state index contributed by atoms with van der Waals surface area (Å²) in [4.78, 5) is 33.6. The maximum absolute atomic E-state index is 11.2. The minimum Gasteiger partial charge on any atom is -0.453 e. The number of hydrogen-bond acceptors (Lipinski definition) is 6. The van der Waals surface area contributed by atoms with Crippen molar-refractivity contribution in [2.45, 2.75) is 0 Å². The average molecular weight is 297 g/mol. The summed E-state index contributed by atoms with van der Waals surface area (Å²) in [5.41, 5.74) is 0.881. The van der Waals surface area contributed by atoms with Gasteiger partial charge >= 0.3 is 18.3 Å². The van der Waals surface area contributed by atoms with Gasteiger partial charge in [-0.25, -0.2) is 14.4 Å². The summed E-state index contributed by atoms with van der Waals surface area (Å²) >= 11 is 0. The maximum Gasteiger partial charge on any atom is 0.411 e. The lowest BCUT2D eigenvalue weighted by Crippen LogP contribution is -2.15. The van der Waals surface area contributed by atoms with E-state index < -0.39 is 18.3 Å². The van der Waals surface area contributed by atoms with Crippen molar-refractivity contribution in [1.29, 1.82) is 0 Å². The van der Waals surface area contributed by atoms with Crippen molar-refractivity contribution >= 4 is 35.3 Å². The lowest BCUT2D eigenvalue weighted by molar-refractivity contribution is 0.186. The predicted molar refractivity (Wildman–Crippen MR) is 74.5 cm³/mol. The summed E-state index contributed by atoms with van der Waals surface area (Å²) in [5.74, 6) is 0. The van der Waals surface area contributed by atoms with Crippen LogP contribution in [0.15, 0.2) is 18.2 Å². The molecule has 3 amide bonds. The number of nitrogens with one attached hydrogen (secondary N) is 3. The average Bonchev–Trinajstić information content (AvgIpc) is 2.46. The van der Waals surface area contributed by atoms with Gasteiger partial charge in [0.25, 0.3) is 0 Å².